The minimum Gasteiger partial charge on any atom is -0.307 e. The van der Waals surface area contributed by atoms with Crippen molar-refractivity contribution in [1.29, 1.82) is 5.26 Å². The highest BCUT2D eigenvalue weighted by atomic mass is 19.1. The Bertz CT molecular complexity index is 4200. The molecule has 0 atom stereocenters. The molecule has 318 valence electrons. The topological polar surface area (TPSA) is 43.5 Å². The lowest BCUT2D eigenvalue weighted by atomic mass is 9.97. The van der Waals surface area contributed by atoms with Crippen LogP contribution in [0.4, 0.5) is 8.78 Å². The highest BCUT2D eigenvalue weighted by Crippen LogP contribution is 2.48. The molecule has 7 heteroatoms. The molecule has 0 spiro atoms. The van der Waals surface area contributed by atoms with Crippen LogP contribution in [0, 0.1) is 23.0 Å². The fourth-order valence-electron chi connectivity index (χ4n) is 11.2. The average molecular weight is 876 g/mol. The van der Waals surface area contributed by atoms with E-state index in [9.17, 15) is 5.26 Å². The minimum atomic E-state index is -0.717. The van der Waals surface area contributed by atoms with Crippen molar-refractivity contribution >= 4 is 87.2 Å². The van der Waals surface area contributed by atoms with Gasteiger partial charge in [-0.1, -0.05) is 140 Å². The number of hydrogen-bond donors (Lipinski definition) is 0. The molecule has 0 aliphatic carbocycles. The van der Waals surface area contributed by atoms with Gasteiger partial charge in [-0.3, -0.25) is 0 Å². The lowest BCUT2D eigenvalue weighted by molar-refractivity contribution is 0.589. The molecule has 4 aromatic heterocycles. The van der Waals surface area contributed by atoms with Crippen molar-refractivity contribution in [2.75, 3.05) is 0 Å². The first kappa shape index (κ1) is 38.1. The van der Waals surface area contributed by atoms with Gasteiger partial charge in [0.1, 0.15) is 11.6 Å². The third-order valence-electron chi connectivity index (χ3n) is 13.9. The van der Waals surface area contributed by atoms with E-state index in [4.69, 9.17) is 0 Å². The molecular weight excluding hydrogens is 841 g/mol. The summed E-state index contributed by atoms with van der Waals surface area (Å²) in [5.74, 6) is -1.43. The van der Waals surface area contributed by atoms with Crippen LogP contribution in [0.3, 0.4) is 0 Å². The highest BCUT2D eigenvalue weighted by molar-refractivity contribution is 6.26. The SMILES string of the molecule is N#Cc1cc(-n2c3ccccc3c3ccc4c5ccccc5n(-c5ccccc5)c4c32)c(-c2c(F)cccc2F)c(-n2c3ccccc3c3ccc4c5ccccc5n(-c5ccccc5)c4c32)c1. The molecular formula is C61H35F2N5. The predicted molar refractivity (Wildman–Crippen MR) is 274 cm³/mol. The first-order valence-corrected chi connectivity index (χ1v) is 22.6. The van der Waals surface area contributed by atoms with Crippen molar-refractivity contribution in [2.45, 2.75) is 0 Å². The van der Waals surface area contributed by atoms with E-state index in [-0.39, 0.29) is 5.56 Å². The van der Waals surface area contributed by atoms with Gasteiger partial charge in [0.05, 0.1) is 72.7 Å². The Hall–Kier alpha value is -9.25. The molecule has 0 bridgehead atoms. The lowest BCUT2D eigenvalue weighted by Gasteiger charge is -2.22. The number of aromatic nitrogens is 4. The standard InChI is InChI=1S/C61H35F2N5/c62-48-24-15-25-49(63)56(48)57-54(67-52-28-13-9-22-42(52)46-32-30-44-40-20-7-11-26-50(40)65(58(44)60(46)67)38-16-3-1-4-17-38)34-37(36-64)35-55(57)68-53-29-14-10-23-43(53)47-33-31-45-41-21-8-12-27-51(41)66(59(45)61(47)68)39-18-5-2-6-19-39/h1-35H. The van der Waals surface area contributed by atoms with Gasteiger partial charge in [-0.2, -0.15) is 5.26 Å². The van der Waals surface area contributed by atoms with Crippen molar-refractivity contribution in [2.24, 2.45) is 0 Å². The summed E-state index contributed by atoms with van der Waals surface area (Å²) in [6.45, 7) is 0. The summed E-state index contributed by atoms with van der Waals surface area (Å²) in [4.78, 5) is 0. The third kappa shape index (κ3) is 5.17. The van der Waals surface area contributed by atoms with E-state index < -0.39 is 11.6 Å². The van der Waals surface area contributed by atoms with Crippen LogP contribution in [0.5, 0.6) is 0 Å². The largest absolute Gasteiger partial charge is 0.307 e. The number of nitrogens with zero attached hydrogens (tertiary/aromatic N) is 5. The molecule has 68 heavy (non-hydrogen) atoms. The van der Waals surface area contributed by atoms with Crippen LogP contribution in [0.1, 0.15) is 5.56 Å². The number of rotatable bonds is 5. The average Bonchev–Trinajstić information content (AvgIpc) is 4.12. The monoisotopic (exact) mass is 875 g/mol. The number of halogens is 2. The molecule has 14 aromatic rings. The number of hydrogen-bond acceptors (Lipinski definition) is 1. The maximum atomic E-state index is 17.2. The second-order valence-electron chi connectivity index (χ2n) is 17.4. The summed E-state index contributed by atoms with van der Waals surface area (Å²) in [5.41, 5.74) is 10.6. The predicted octanol–water partition coefficient (Wildman–Crippen LogP) is 15.9. The fourth-order valence-corrected chi connectivity index (χ4v) is 11.2. The Balaban J connectivity index is 1.24. The van der Waals surface area contributed by atoms with E-state index in [0.717, 1.165) is 98.6 Å². The molecule has 0 amide bonds. The molecule has 0 aliphatic rings. The Morgan fingerprint density at radius 1 is 0.309 bits per heavy atom. The smallest absolute Gasteiger partial charge is 0.134 e. The Labute approximate surface area is 387 Å². The number of para-hydroxylation sites is 6. The van der Waals surface area contributed by atoms with Crippen LogP contribution in [0.25, 0.3) is 121 Å². The second kappa shape index (κ2) is 14.4. The minimum absolute atomic E-state index is 0.189. The van der Waals surface area contributed by atoms with Crippen LogP contribution >= 0.6 is 0 Å². The Morgan fingerprint density at radius 3 is 1.00 bits per heavy atom. The zero-order valence-electron chi connectivity index (χ0n) is 36.2. The maximum absolute atomic E-state index is 17.2. The molecule has 0 aliphatic heterocycles. The number of nitriles is 1. The van der Waals surface area contributed by atoms with Crippen molar-refractivity contribution in [3.63, 3.8) is 0 Å². The highest BCUT2D eigenvalue weighted by Gasteiger charge is 2.30. The zero-order chi connectivity index (χ0) is 45.2. The van der Waals surface area contributed by atoms with Crippen LogP contribution in [-0.4, -0.2) is 18.3 Å². The van der Waals surface area contributed by atoms with Crippen molar-refractivity contribution < 1.29 is 8.78 Å². The van der Waals surface area contributed by atoms with Gasteiger partial charge in [-0.05, 0) is 72.8 Å². The molecule has 0 radical (unpaired) electrons. The summed E-state index contributed by atoms with van der Waals surface area (Å²) >= 11 is 0. The van der Waals surface area contributed by atoms with Gasteiger partial charge >= 0.3 is 0 Å². The summed E-state index contributed by atoms with van der Waals surface area (Å²) in [5, 5.41) is 19.2. The first-order chi connectivity index (χ1) is 33.6. The Morgan fingerprint density at radius 2 is 0.632 bits per heavy atom. The lowest BCUT2D eigenvalue weighted by Crippen LogP contribution is -2.08. The summed E-state index contributed by atoms with van der Waals surface area (Å²) in [6, 6.07) is 72.5. The molecule has 0 unspecified atom stereocenters. The van der Waals surface area contributed by atoms with E-state index in [2.05, 4.69) is 146 Å². The first-order valence-electron chi connectivity index (χ1n) is 22.6. The second-order valence-corrected chi connectivity index (χ2v) is 17.4. The number of fused-ring (bicyclic) bond motifs is 14. The fraction of sp³-hybridized carbons (Fsp3) is 0. The van der Waals surface area contributed by atoms with Crippen LogP contribution in [-0.2, 0) is 0 Å². The van der Waals surface area contributed by atoms with E-state index in [1.807, 2.05) is 60.7 Å². The molecule has 10 aromatic carbocycles. The zero-order valence-corrected chi connectivity index (χ0v) is 36.2. The number of benzene rings is 10. The van der Waals surface area contributed by atoms with Crippen LogP contribution in [0.2, 0.25) is 0 Å². The third-order valence-corrected chi connectivity index (χ3v) is 13.9. The summed E-state index contributed by atoms with van der Waals surface area (Å²) in [7, 11) is 0. The van der Waals surface area contributed by atoms with Gasteiger partial charge in [0, 0.05) is 60.0 Å². The molecule has 4 heterocycles. The van der Waals surface area contributed by atoms with Crippen molar-refractivity contribution in [3.8, 4) is 39.9 Å². The van der Waals surface area contributed by atoms with Crippen LogP contribution in [0.15, 0.2) is 212 Å². The molecule has 5 nitrogen and oxygen atoms in total. The van der Waals surface area contributed by atoms with Gasteiger partial charge in [-0.25, -0.2) is 8.78 Å². The van der Waals surface area contributed by atoms with Gasteiger partial charge < -0.3 is 18.3 Å². The normalized spacial score (nSPS) is 12.0. The maximum Gasteiger partial charge on any atom is 0.134 e. The summed E-state index contributed by atoms with van der Waals surface area (Å²) < 4.78 is 43.3. The molecule has 0 fully saturated rings. The van der Waals surface area contributed by atoms with E-state index in [0.29, 0.717) is 22.5 Å². The van der Waals surface area contributed by atoms with Crippen LogP contribution < -0.4 is 0 Å². The van der Waals surface area contributed by atoms with Gasteiger partial charge in [0.15, 0.2) is 0 Å². The van der Waals surface area contributed by atoms with Gasteiger partial charge in [-0.15, -0.1) is 0 Å². The van der Waals surface area contributed by atoms with Crippen molar-refractivity contribution in [3.05, 3.63) is 230 Å². The van der Waals surface area contributed by atoms with E-state index >= 15 is 8.78 Å². The van der Waals surface area contributed by atoms with Crippen molar-refractivity contribution in [1.82, 2.24) is 18.3 Å². The van der Waals surface area contributed by atoms with E-state index in [1.165, 1.54) is 18.2 Å². The quantitative estimate of drug-likeness (QED) is 0.170. The van der Waals surface area contributed by atoms with E-state index in [1.54, 1.807) is 12.1 Å². The molecule has 0 N–H and O–H groups in total. The molecule has 0 saturated heterocycles. The van der Waals surface area contributed by atoms with Gasteiger partial charge in [0.2, 0.25) is 0 Å². The molecule has 0 saturated carbocycles. The summed E-state index contributed by atoms with van der Waals surface area (Å²) in [6.07, 6.45) is 0. The van der Waals surface area contributed by atoms with Gasteiger partial charge in [0.25, 0.3) is 0 Å². The molecule has 14 rings (SSSR count). The Kier molecular flexibility index (Phi) is 8.05.